The van der Waals surface area contributed by atoms with Gasteiger partial charge in [-0.05, 0) is 58.2 Å². The lowest BCUT2D eigenvalue weighted by atomic mass is 9.94. The minimum Gasteiger partial charge on any atom is -0.507 e. The lowest BCUT2D eigenvalue weighted by molar-refractivity contribution is -0.139. The third kappa shape index (κ3) is 3.95. The van der Waals surface area contributed by atoms with Crippen LogP contribution in [0.3, 0.4) is 0 Å². The number of carbonyl (C=O) groups excluding carboxylic acids is 2. The van der Waals surface area contributed by atoms with Crippen LogP contribution >= 0.6 is 15.9 Å². The summed E-state index contributed by atoms with van der Waals surface area (Å²) in [5.74, 6) is 0.212. The average molecular weight is 502 g/mol. The van der Waals surface area contributed by atoms with Crippen LogP contribution in [0.2, 0.25) is 0 Å². The Bertz CT molecular complexity index is 1100. The quantitative estimate of drug-likeness (QED) is 0.357. The molecule has 0 aromatic heterocycles. The zero-order valence-electron chi connectivity index (χ0n) is 17.9. The predicted octanol–water partition coefficient (Wildman–Crippen LogP) is 4.45. The summed E-state index contributed by atoms with van der Waals surface area (Å²) < 4.78 is 17.2. The number of carbonyl (C=O) groups is 2. The Morgan fingerprint density at radius 2 is 1.91 bits per heavy atom. The van der Waals surface area contributed by atoms with Crippen molar-refractivity contribution in [3.05, 3.63) is 57.6 Å². The second kappa shape index (κ2) is 9.24. The number of hydrogen-bond acceptors (Lipinski definition) is 6. The lowest BCUT2D eigenvalue weighted by Crippen LogP contribution is -2.30. The van der Waals surface area contributed by atoms with Gasteiger partial charge < -0.3 is 24.2 Å². The van der Waals surface area contributed by atoms with Gasteiger partial charge in [0.15, 0.2) is 11.5 Å². The van der Waals surface area contributed by atoms with Crippen LogP contribution in [0.5, 0.6) is 17.2 Å². The minimum atomic E-state index is -0.724. The summed E-state index contributed by atoms with van der Waals surface area (Å²) in [5, 5.41) is 11.2. The molecule has 1 amide bonds. The van der Waals surface area contributed by atoms with Gasteiger partial charge in [0.05, 0.1) is 23.2 Å². The molecule has 4 rings (SSSR count). The number of rotatable bonds is 6. The number of fused-ring (bicyclic) bond motifs is 1. The van der Waals surface area contributed by atoms with E-state index < -0.39 is 17.7 Å². The van der Waals surface area contributed by atoms with Gasteiger partial charge >= 0.3 is 0 Å². The van der Waals surface area contributed by atoms with E-state index in [2.05, 4.69) is 15.9 Å². The van der Waals surface area contributed by atoms with Gasteiger partial charge in [-0.25, -0.2) is 0 Å². The number of nitrogens with zero attached hydrogens (tertiary/aromatic N) is 1. The van der Waals surface area contributed by atoms with Crippen molar-refractivity contribution in [2.24, 2.45) is 0 Å². The largest absolute Gasteiger partial charge is 0.507 e. The molecular formula is C24H24BrNO6. The predicted molar refractivity (Wildman–Crippen MR) is 122 cm³/mol. The first kappa shape index (κ1) is 22.2. The number of aliphatic hydroxyl groups excluding tert-OH is 1. The van der Waals surface area contributed by atoms with Gasteiger partial charge in [0.25, 0.3) is 11.7 Å². The number of amides is 1. The highest BCUT2D eigenvalue weighted by Gasteiger charge is 2.46. The first-order valence-electron chi connectivity index (χ1n) is 10.5. The van der Waals surface area contributed by atoms with Gasteiger partial charge in [0, 0.05) is 12.1 Å². The van der Waals surface area contributed by atoms with E-state index in [-0.39, 0.29) is 11.3 Å². The maximum atomic E-state index is 13.1. The number of methoxy groups -OCH3 is 1. The van der Waals surface area contributed by atoms with Crippen LogP contribution < -0.4 is 14.2 Å². The van der Waals surface area contributed by atoms with Gasteiger partial charge in [0.1, 0.15) is 24.7 Å². The molecule has 0 spiro atoms. The summed E-state index contributed by atoms with van der Waals surface area (Å²) in [7, 11) is 1.54. The van der Waals surface area contributed by atoms with Gasteiger partial charge in [-0.1, -0.05) is 19.4 Å². The molecule has 2 aromatic rings. The molecule has 1 unspecified atom stereocenters. The Labute approximate surface area is 194 Å². The Kier molecular flexibility index (Phi) is 6.41. The number of unbranched alkanes of at least 4 members (excludes halogenated alkanes) is 1. The number of ether oxygens (including phenoxy) is 3. The summed E-state index contributed by atoms with van der Waals surface area (Å²) in [6.45, 7) is 3.31. The van der Waals surface area contributed by atoms with Crippen LogP contribution in [0.25, 0.3) is 5.76 Å². The van der Waals surface area contributed by atoms with Crippen molar-refractivity contribution >= 4 is 33.4 Å². The molecule has 2 aliphatic rings. The molecule has 2 heterocycles. The minimum absolute atomic E-state index is 0.0554. The van der Waals surface area contributed by atoms with Gasteiger partial charge in [0.2, 0.25) is 0 Å². The van der Waals surface area contributed by atoms with Crippen LogP contribution in [0.15, 0.2) is 46.4 Å². The molecule has 168 valence electrons. The Morgan fingerprint density at radius 1 is 1.16 bits per heavy atom. The molecule has 1 N–H and O–H groups in total. The number of hydrogen-bond donors (Lipinski definition) is 1. The summed E-state index contributed by atoms with van der Waals surface area (Å²) in [6, 6.07) is 9.63. The molecule has 0 saturated carbocycles. The third-order valence-electron chi connectivity index (χ3n) is 5.60. The number of aliphatic hydroxyl groups is 1. The average Bonchev–Trinajstić information content (AvgIpc) is 3.06. The molecule has 7 nitrogen and oxygen atoms in total. The van der Waals surface area contributed by atoms with Crippen molar-refractivity contribution in [1.82, 2.24) is 4.90 Å². The van der Waals surface area contributed by atoms with E-state index in [1.807, 2.05) is 6.92 Å². The maximum absolute atomic E-state index is 13.1. The van der Waals surface area contributed by atoms with Crippen molar-refractivity contribution in [2.75, 3.05) is 26.9 Å². The molecule has 1 atom stereocenters. The summed E-state index contributed by atoms with van der Waals surface area (Å²) >= 11 is 3.41. The Hall–Kier alpha value is -3.00. The molecule has 32 heavy (non-hydrogen) atoms. The van der Waals surface area contributed by atoms with Crippen LogP contribution in [-0.2, 0) is 9.59 Å². The van der Waals surface area contributed by atoms with Crippen molar-refractivity contribution in [3.8, 4) is 17.2 Å². The van der Waals surface area contributed by atoms with E-state index in [9.17, 15) is 14.7 Å². The fourth-order valence-electron chi connectivity index (χ4n) is 3.98. The Balaban J connectivity index is 1.85. The third-order valence-corrected chi connectivity index (χ3v) is 6.22. The molecule has 2 aromatic carbocycles. The molecule has 0 aliphatic carbocycles. The van der Waals surface area contributed by atoms with E-state index in [4.69, 9.17) is 14.2 Å². The topological polar surface area (TPSA) is 85.3 Å². The number of likely N-dealkylation sites (tertiary alicyclic amines) is 1. The highest BCUT2D eigenvalue weighted by atomic mass is 79.9. The normalized spacial score (nSPS) is 19.3. The van der Waals surface area contributed by atoms with E-state index in [1.54, 1.807) is 43.5 Å². The van der Waals surface area contributed by atoms with Crippen molar-refractivity contribution in [3.63, 3.8) is 0 Å². The first-order chi connectivity index (χ1) is 15.5. The molecule has 8 heteroatoms. The number of Topliss-reactive ketones (excluding diaryl/α,β-unsaturated/α-hetero) is 1. The summed E-state index contributed by atoms with van der Waals surface area (Å²) in [4.78, 5) is 27.5. The molecule has 0 bridgehead atoms. The SMILES string of the molecule is CCCCN1C(=O)C(=O)/C(=C(/O)c2ccc(OC)c(Br)c2)C1c1ccc2c(c1)OCCO2. The van der Waals surface area contributed by atoms with Gasteiger partial charge in [-0.3, -0.25) is 9.59 Å². The first-order valence-corrected chi connectivity index (χ1v) is 11.3. The van der Waals surface area contributed by atoms with Gasteiger partial charge in [-0.2, -0.15) is 0 Å². The smallest absolute Gasteiger partial charge is 0.295 e. The highest BCUT2D eigenvalue weighted by Crippen LogP contribution is 2.43. The van der Waals surface area contributed by atoms with Crippen molar-refractivity contribution < 1.29 is 28.9 Å². The van der Waals surface area contributed by atoms with E-state index in [1.165, 1.54) is 4.90 Å². The van der Waals surface area contributed by atoms with Gasteiger partial charge in [-0.15, -0.1) is 0 Å². The fraction of sp³-hybridized carbons (Fsp3) is 0.333. The van der Waals surface area contributed by atoms with E-state index in [0.29, 0.717) is 52.6 Å². The molecule has 2 aliphatic heterocycles. The number of benzene rings is 2. The Morgan fingerprint density at radius 3 is 2.59 bits per heavy atom. The number of halogens is 1. The van der Waals surface area contributed by atoms with E-state index in [0.717, 1.165) is 12.8 Å². The highest BCUT2D eigenvalue weighted by molar-refractivity contribution is 9.10. The number of ketones is 1. The monoisotopic (exact) mass is 501 g/mol. The summed E-state index contributed by atoms with van der Waals surface area (Å²) in [6.07, 6.45) is 1.60. The molecule has 1 saturated heterocycles. The maximum Gasteiger partial charge on any atom is 0.295 e. The molecular weight excluding hydrogens is 478 g/mol. The van der Waals surface area contributed by atoms with Crippen LogP contribution in [0, 0.1) is 0 Å². The van der Waals surface area contributed by atoms with Crippen LogP contribution in [0.4, 0.5) is 0 Å². The van der Waals surface area contributed by atoms with Crippen molar-refractivity contribution in [2.45, 2.75) is 25.8 Å². The van der Waals surface area contributed by atoms with E-state index >= 15 is 0 Å². The second-order valence-corrected chi connectivity index (χ2v) is 8.45. The summed E-state index contributed by atoms with van der Waals surface area (Å²) in [5.41, 5.74) is 1.15. The molecule has 0 radical (unpaired) electrons. The van der Waals surface area contributed by atoms with Crippen molar-refractivity contribution in [1.29, 1.82) is 0 Å². The standard InChI is InChI=1S/C24H24BrNO6/c1-3-4-9-26-21(14-5-8-18-19(13-14)32-11-10-31-18)20(23(28)24(26)29)22(27)15-6-7-17(30-2)16(25)12-15/h5-8,12-13,21,27H,3-4,9-11H2,1-2H3/b22-20+. The zero-order valence-corrected chi connectivity index (χ0v) is 19.5. The fourth-order valence-corrected chi connectivity index (χ4v) is 4.53. The second-order valence-electron chi connectivity index (χ2n) is 7.60. The van der Waals surface area contributed by atoms with Crippen LogP contribution in [0.1, 0.15) is 36.9 Å². The van der Waals surface area contributed by atoms with Crippen LogP contribution in [-0.4, -0.2) is 48.6 Å². The zero-order chi connectivity index (χ0) is 22.8. The lowest BCUT2D eigenvalue weighted by Gasteiger charge is -2.27. The molecule has 1 fully saturated rings.